The van der Waals surface area contributed by atoms with E-state index in [-0.39, 0.29) is 0 Å². The minimum atomic E-state index is -0.603. The van der Waals surface area contributed by atoms with Gasteiger partial charge in [0.2, 0.25) is 0 Å². The lowest BCUT2D eigenvalue weighted by Crippen LogP contribution is -2.27. The molecule has 0 atom stereocenters. The summed E-state index contributed by atoms with van der Waals surface area (Å²) in [5.41, 5.74) is 0.225. The van der Waals surface area contributed by atoms with E-state index in [9.17, 15) is 9.59 Å². The molecule has 0 aliphatic carbocycles. The molecule has 5 nitrogen and oxygen atoms in total. The van der Waals surface area contributed by atoms with Crippen molar-refractivity contribution in [3.8, 4) is 0 Å². The lowest BCUT2D eigenvalue weighted by Gasteiger charge is -2.20. The fourth-order valence-corrected chi connectivity index (χ4v) is 1.93. The van der Waals surface area contributed by atoms with Crippen molar-refractivity contribution in [2.24, 2.45) is 0 Å². The molecule has 0 N–H and O–H groups in total. The number of carbonyl (C=O) groups excluding carboxylic acids is 2. The highest BCUT2D eigenvalue weighted by Gasteiger charge is 2.21. The highest BCUT2D eigenvalue weighted by Crippen LogP contribution is 2.22. The summed E-state index contributed by atoms with van der Waals surface area (Å²) >= 11 is 0. The Hall–Kier alpha value is -2.30. The minimum Gasteiger partial charge on any atom is -0.465 e. The fourth-order valence-electron chi connectivity index (χ4n) is 1.93. The van der Waals surface area contributed by atoms with E-state index in [1.165, 1.54) is 11.7 Å². The van der Waals surface area contributed by atoms with Gasteiger partial charge in [-0.25, -0.2) is 9.59 Å². The largest absolute Gasteiger partial charge is 0.465 e. The highest BCUT2D eigenvalue weighted by molar-refractivity contribution is 6.05. The van der Waals surface area contributed by atoms with Crippen LogP contribution in [0.2, 0.25) is 0 Å². The zero-order valence-electron chi connectivity index (χ0n) is 12.0. The van der Waals surface area contributed by atoms with Gasteiger partial charge in [0.15, 0.2) is 0 Å². The second-order valence-electron chi connectivity index (χ2n) is 5.40. The number of rotatable bonds is 1. The Morgan fingerprint density at radius 3 is 2.45 bits per heavy atom. The maximum Gasteiger partial charge on any atom is 0.419 e. The molecule has 0 spiro atoms. The van der Waals surface area contributed by atoms with Crippen LogP contribution in [0.5, 0.6) is 0 Å². The SMILES string of the molecule is COC(=O)c1cccc2ccn(C(=O)OC(C)(C)C)c12. The maximum atomic E-state index is 12.2. The summed E-state index contributed by atoms with van der Waals surface area (Å²) in [6.07, 6.45) is 1.06. The second-order valence-corrected chi connectivity index (χ2v) is 5.40. The van der Waals surface area contributed by atoms with Gasteiger partial charge < -0.3 is 9.47 Å². The summed E-state index contributed by atoms with van der Waals surface area (Å²) < 4.78 is 11.4. The summed E-state index contributed by atoms with van der Waals surface area (Å²) in [7, 11) is 1.31. The van der Waals surface area contributed by atoms with Gasteiger partial charge in [-0.05, 0) is 32.9 Å². The first-order valence-corrected chi connectivity index (χ1v) is 6.25. The van der Waals surface area contributed by atoms with Crippen molar-refractivity contribution in [2.45, 2.75) is 26.4 Å². The molecule has 0 fully saturated rings. The number of aromatic nitrogens is 1. The molecule has 0 bridgehead atoms. The Bertz CT molecular complexity index is 664. The molecule has 0 saturated heterocycles. The van der Waals surface area contributed by atoms with Crippen molar-refractivity contribution in [3.05, 3.63) is 36.0 Å². The normalized spacial score (nSPS) is 11.4. The molecule has 1 heterocycles. The van der Waals surface area contributed by atoms with Gasteiger partial charge in [0, 0.05) is 11.6 Å². The third-order valence-corrected chi connectivity index (χ3v) is 2.71. The number of ether oxygens (including phenoxy) is 2. The predicted octanol–water partition coefficient (Wildman–Crippen LogP) is 3.21. The van der Waals surface area contributed by atoms with Crippen LogP contribution >= 0.6 is 0 Å². The van der Waals surface area contributed by atoms with Crippen molar-refractivity contribution in [1.29, 1.82) is 0 Å². The molecule has 1 aromatic carbocycles. The zero-order chi connectivity index (χ0) is 14.9. The van der Waals surface area contributed by atoms with Crippen molar-refractivity contribution in [3.63, 3.8) is 0 Å². The molecule has 0 saturated carbocycles. The van der Waals surface area contributed by atoms with Gasteiger partial charge in [0.25, 0.3) is 0 Å². The van der Waals surface area contributed by atoms with Crippen molar-refractivity contribution >= 4 is 23.0 Å². The monoisotopic (exact) mass is 275 g/mol. The first-order valence-electron chi connectivity index (χ1n) is 6.25. The molecule has 0 aliphatic rings. The number of nitrogens with zero attached hydrogens (tertiary/aromatic N) is 1. The van der Waals surface area contributed by atoms with Crippen LogP contribution in [-0.2, 0) is 9.47 Å². The van der Waals surface area contributed by atoms with E-state index in [4.69, 9.17) is 9.47 Å². The minimum absolute atomic E-state index is 0.334. The van der Waals surface area contributed by atoms with Crippen LogP contribution in [0, 0.1) is 0 Å². The van der Waals surface area contributed by atoms with Crippen LogP contribution in [0.1, 0.15) is 31.1 Å². The number of benzene rings is 1. The quantitative estimate of drug-likeness (QED) is 0.750. The molecule has 2 aromatic rings. The Kier molecular flexibility index (Phi) is 3.53. The molecule has 2 rings (SSSR count). The molecular formula is C15H17NO4. The van der Waals surface area contributed by atoms with Gasteiger partial charge >= 0.3 is 12.1 Å². The Morgan fingerprint density at radius 2 is 1.85 bits per heavy atom. The molecule has 0 amide bonds. The van der Waals surface area contributed by atoms with E-state index in [0.29, 0.717) is 11.1 Å². The highest BCUT2D eigenvalue weighted by atomic mass is 16.6. The lowest BCUT2D eigenvalue weighted by atomic mass is 10.1. The van der Waals surface area contributed by atoms with E-state index < -0.39 is 17.7 Å². The van der Waals surface area contributed by atoms with Crippen LogP contribution in [-0.4, -0.2) is 29.3 Å². The first kappa shape index (κ1) is 14.1. The summed E-state index contributed by atoms with van der Waals surface area (Å²) in [5, 5.41) is 0.777. The van der Waals surface area contributed by atoms with Gasteiger partial charge in [-0.2, -0.15) is 0 Å². The summed E-state index contributed by atoms with van der Waals surface area (Å²) in [6.45, 7) is 5.37. The number of esters is 1. The number of carbonyl (C=O) groups is 2. The number of hydrogen-bond acceptors (Lipinski definition) is 4. The van der Waals surface area contributed by atoms with Crippen LogP contribution in [0.25, 0.3) is 10.9 Å². The first-order chi connectivity index (χ1) is 9.33. The average Bonchev–Trinajstić information content (AvgIpc) is 2.79. The smallest absolute Gasteiger partial charge is 0.419 e. The van der Waals surface area contributed by atoms with Gasteiger partial charge in [0.1, 0.15) is 5.60 Å². The molecule has 1 aromatic heterocycles. The molecule has 106 valence electrons. The fraction of sp³-hybridized carbons (Fsp3) is 0.333. The molecule has 0 radical (unpaired) electrons. The van der Waals surface area contributed by atoms with Crippen LogP contribution < -0.4 is 0 Å². The van der Waals surface area contributed by atoms with Gasteiger partial charge in [-0.1, -0.05) is 12.1 Å². The summed E-state index contributed by atoms with van der Waals surface area (Å²) in [6, 6.07) is 6.94. The molecule has 5 heteroatoms. The van der Waals surface area contributed by atoms with Crippen LogP contribution in [0.15, 0.2) is 30.5 Å². The molecule has 20 heavy (non-hydrogen) atoms. The molecule has 0 unspecified atom stereocenters. The predicted molar refractivity (Wildman–Crippen MR) is 74.9 cm³/mol. The van der Waals surface area contributed by atoms with Gasteiger partial charge in [-0.3, -0.25) is 4.57 Å². The lowest BCUT2D eigenvalue weighted by molar-refractivity contribution is 0.0544. The Labute approximate surface area is 117 Å². The van der Waals surface area contributed by atoms with Gasteiger partial charge in [-0.15, -0.1) is 0 Å². The van der Waals surface area contributed by atoms with E-state index in [1.54, 1.807) is 45.2 Å². The topological polar surface area (TPSA) is 57.5 Å². The van der Waals surface area contributed by atoms with E-state index in [2.05, 4.69) is 0 Å². The third kappa shape index (κ3) is 2.66. The van der Waals surface area contributed by atoms with Crippen LogP contribution in [0.3, 0.4) is 0 Å². The standard InChI is InChI=1S/C15H17NO4/c1-15(2,3)20-14(18)16-9-8-10-6-5-7-11(12(10)16)13(17)19-4/h5-9H,1-4H3. The third-order valence-electron chi connectivity index (χ3n) is 2.71. The number of methoxy groups -OCH3 is 1. The Balaban J connectivity index is 2.55. The maximum absolute atomic E-state index is 12.2. The van der Waals surface area contributed by atoms with E-state index in [0.717, 1.165) is 5.39 Å². The van der Waals surface area contributed by atoms with Crippen molar-refractivity contribution in [1.82, 2.24) is 4.57 Å². The number of hydrogen-bond donors (Lipinski definition) is 0. The second kappa shape index (κ2) is 5.00. The number of fused-ring (bicyclic) bond motifs is 1. The molecule has 0 aliphatic heterocycles. The summed E-state index contributed by atoms with van der Waals surface area (Å²) in [5.74, 6) is -0.487. The summed E-state index contributed by atoms with van der Waals surface area (Å²) in [4.78, 5) is 24.0. The number of para-hydroxylation sites is 1. The zero-order valence-corrected chi connectivity index (χ0v) is 12.0. The van der Waals surface area contributed by atoms with E-state index >= 15 is 0 Å². The average molecular weight is 275 g/mol. The van der Waals surface area contributed by atoms with Crippen molar-refractivity contribution < 1.29 is 19.1 Å². The van der Waals surface area contributed by atoms with Crippen LogP contribution in [0.4, 0.5) is 4.79 Å². The van der Waals surface area contributed by atoms with Gasteiger partial charge in [0.05, 0.1) is 18.2 Å². The van der Waals surface area contributed by atoms with Crippen molar-refractivity contribution in [2.75, 3.05) is 7.11 Å². The van der Waals surface area contributed by atoms with E-state index in [1.807, 2.05) is 6.07 Å². The Morgan fingerprint density at radius 1 is 1.15 bits per heavy atom. The molecular weight excluding hydrogens is 258 g/mol.